The maximum absolute atomic E-state index is 9.96. The van der Waals surface area contributed by atoms with E-state index >= 15 is 0 Å². The molecular formula is C36H24Br2GeO. The van der Waals surface area contributed by atoms with Crippen LogP contribution in [-0.2, 0) is 0 Å². The second-order valence-electron chi connectivity index (χ2n) is 8.69. The molecule has 1 nitrogen and oxygen atoms in total. The normalized spacial score (nSPS) is 17.7. The van der Waals surface area contributed by atoms with Crippen molar-refractivity contribution in [3.8, 4) is 11.1 Å². The van der Waals surface area contributed by atoms with E-state index < -0.39 is 143 Å². The summed E-state index contributed by atoms with van der Waals surface area (Å²) in [5.41, 5.74) is 0.657. The van der Waals surface area contributed by atoms with Gasteiger partial charge < -0.3 is 0 Å². The van der Waals surface area contributed by atoms with Crippen LogP contribution in [0.1, 0.15) is 23.3 Å². The summed E-state index contributed by atoms with van der Waals surface area (Å²) in [5, 5.41) is 1.43. The van der Waals surface area contributed by atoms with Crippen molar-refractivity contribution in [1.82, 2.24) is 0 Å². The molecule has 0 bridgehead atoms. The van der Waals surface area contributed by atoms with Crippen LogP contribution in [0.4, 0.5) is 0 Å². The molecule has 0 atom stereocenters. The second-order valence-corrected chi connectivity index (χ2v) is 17.6. The predicted molar refractivity (Wildman–Crippen MR) is 178 cm³/mol. The summed E-state index contributed by atoms with van der Waals surface area (Å²) in [6, 6.07) is -2.18. The molecule has 0 N–H and O–H groups in total. The molecule has 192 valence electrons. The van der Waals surface area contributed by atoms with E-state index in [9.17, 15) is 12.3 Å². The number of furan rings is 1. The van der Waals surface area contributed by atoms with Gasteiger partial charge in [-0.15, -0.1) is 0 Å². The maximum atomic E-state index is 9.96. The zero-order valence-electron chi connectivity index (χ0n) is 37.2. The third-order valence-electron chi connectivity index (χ3n) is 6.48. The number of rotatable bonds is 5. The van der Waals surface area contributed by atoms with Crippen molar-refractivity contribution in [3.05, 3.63) is 154 Å². The average molecular weight is 722 g/mol. The van der Waals surface area contributed by atoms with Gasteiger partial charge in [0.25, 0.3) is 0 Å². The molecule has 0 aliphatic rings. The fraction of sp³-hybridized carbons (Fsp3) is 0. The summed E-state index contributed by atoms with van der Waals surface area (Å²) in [6.45, 7) is 0. The van der Waals surface area contributed by atoms with Crippen LogP contribution in [-0.4, -0.2) is 13.3 Å². The summed E-state index contributed by atoms with van der Waals surface area (Å²) >= 11 is -0.348. The molecule has 7 aromatic rings. The number of hydrogen-bond acceptors (Lipinski definition) is 1. The van der Waals surface area contributed by atoms with Crippen LogP contribution in [0.2, 0.25) is 0 Å². The van der Waals surface area contributed by atoms with Crippen molar-refractivity contribution >= 4 is 84.6 Å². The first-order chi connectivity index (χ1) is 26.7. The predicted octanol–water partition coefficient (Wildman–Crippen LogP) is 8.16. The van der Waals surface area contributed by atoms with Crippen LogP contribution >= 0.6 is 31.9 Å². The molecule has 0 radical (unpaired) electrons. The first-order valence-electron chi connectivity index (χ1n) is 20.4. The molecule has 0 spiro atoms. The average Bonchev–Trinajstić information content (AvgIpc) is 3.56. The number of benzene rings is 6. The summed E-state index contributed by atoms with van der Waals surface area (Å²) < 4.78 is 157. The summed E-state index contributed by atoms with van der Waals surface area (Å²) in [6.07, 6.45) is 0. The molecule has 0 saturated carbocycles. The fourth-order valence-electron chi connectivity index (χ4n) is 4.76. The molecule has 0 aliphatic heterocycles. The molecule has 4 heteroatoms. The van der Waals surface area contributed by atoms with Gasteiger partial charge in [0.15, 0.2) is 0 Å². The molecule has 0 amide bonds. The van der Waals surface area contributed by atoms with Crippen molar-refractivity contribution in [2.75, 3.05) is 0 Å². The first-order valence-corrected chi connectivity index (χ1v) is 17.6. The van der Waals surface area contributed by atoms with Gasteiger partial charge in [-0.3, -0.25) is 0 Å². The van der Waals surface area contributed by atoms with Crippen molar-refractivity contribution in [2.24, 2.45) is 0 Å². The summed E-state index contributed by atoms with van der Waals surface area (Å²) in [4.78, 5) is 0. The SMILES string of the molecule is [2H]c1c([2H])c([2H])[c]([Ge]([c]2c([2H])c([2H])c([2H])c(Br)c2[2H])([c]2c([2H])c([2H])c([2H])c(Br)c2[2H])[c]2c([2H])c([2H])c([2H])c(-c3ccc4c(c3)oc3ccccc34)c2[2H])c([2H])c1[2H]. The van der Waals surface area contributed by atoms with Gasteiger partial charge in [0.2, 0.25) is 0 Å². The Morgan fingerprint density at radius 1 is 0.525 bits per heavy atom. The van der Waals surface area contributed by atoms with Gasteiger partial charge in [-0.25, -0.2) is 0 Å². The first kappa shape index (κ1) is 13.1. The molecule has 0 aliphatic carbocycles. The van der Waals surface area contributed by atoms with Gasteiger partial charge in [0.1, 0.15) is 0 Å². The Labute approximate surface area is 277 Å². The Morgan fingerprint density at radius 2 is 1.12 bits per heavy atom. The Hall–Kier alpha value is -3.38. The van der Waals surface area contributed by atoms with Gasteiger partial charge in [-0.2, -0.15) is 0 Å². The van der Waals surface area contributed by atoms with E-state index in [2.05, 4.69) is 31.9 Å². The van der Waals surface area contributed by atoms with Crippen LogP contribution in [0.5, 0.6) is 0 Å². The van der Waals surface area contributed by atoms with E-state index in [1.165, 1.54) is 6.07 Å². The quantitative estimate of drug-likeness (QED) is 0.164. The zero-order valence-corrected chi connectivity index (χ0v) is 25.5. The van der Waals surface area contributed by atoms with E-state index in [4.69, 9.17) is 15.4 Å². The van der Waals surface area contributed by atoms with Gasteiger partial charge in [0, 0.05) is 0 Å². The summed E-state index contributed by atoms with van der Waals surface area (Å²) in [5.74, 6) is 0. The van der Waals surface area contributed by atoms with Crippen LogP contribution < -0.4 is 17.6 Å². The number of para-hydroxylation sites is 1. The topological polar surface area (TPSA) is 13.1 Å². The zero-order chi connectivity index (χ0) is 41.9. The summed E-state index contributed by atoms with van der Waals surface area (Å²) in [7, 11) is 0. The molecule has 0 unspecified atom stereocenters. The van der Waals surface area contributed by atoms with E-state index in [1.54, 1.807) is 24.3 Å². The Balaban J connectivity index is 1.85. The molecular weight excluding hydrogens is 681 g/mol. The van der Waals surface area contributed by atoms with Gasteiger partial charge in [0.05, 0.1) is 0 Å². The molecule has 0 saturated heterocycles. The molecule has 6 aromatic carbocycles. The Kier molecular flexibility index (Phi) is 3.45. The van der Waals surface area contributed by atoms with Crippen LogP contribution in [0.15, 0.2) is 159 Å². The van der Waals surface area contributed by atoms with Crippen LogP contribution in [0, 0.1) is 0 Å². The standard InChI is InChI=1S/C36H24Br2GeO/c37-27-10-7-15-31(23-27)39(29-12-2-1-3-13-29,32-16-8-11-28(38)24-32)30-14-6-9-25(21-30)26-19-20-34-33-17-4-5-18-35(33)40-36(34)22-26/h1-24H/i1D,2D,3D,6D,7D,8D,9D,10D,11D,12D,13D,14D,15D,16D,21D,23D,24D. The van der Waals surface area contributed by atoms with E-state index in [-0.39, 0.29) is 11.1 Å². The molecule has 1 aromatic heterocycles. The number of hydrogen-bond donors (Lipinski definition) is 0. The molecule has 0 fully saturated rings. The Morgan fingerprint density at radius 3 is 1.85 bits per heavy atom. The minimum absolute atomic E-state index is 0.116. The van der Waals surface area contributed by atoms with Crippen LogP contribution in [0.3, 0.4) is 0 Å². The molecule has 1 heterocycles. The van der Waals surface area contributed by atoms with Crippen molar-refractivity contribution in [1.29, 1.82) is 0 Å². The monoisotopic (exact) mass is 721 g/mol. The fourth-order valence-corrected chi connectivity index (χ4v) is 13.9. The van der Waals surface area contributed by atoms with Gasteiger partial charge in [-0.1, -0.05) is 0 Å². The van der Waals surface area contributed by atoms with E-state index in [1.807, 2.05) is 12.1 Å². The number of halogens is 2. The van der Waals surface area contributed by atoms with Crippen LogP contribution in [0.25, 0.3) is 33.1 Å². The van der Waals surface area contributed by atoms with E-state index in [0.29, 0.717) is 16.6 Å². The van der Waals surface area contributed by atoms with Gasteiger partial charge >= 0.3 is 278 Å². The van der Waals surface area contributed by atoms with Crippen molar-refractivity contribution in [2.45, 2.75) is 0 Å². The minimum atomic E-state index is -6.64. The molecule has 7 rings (SSSR count). The van der Waals surface area contributed by atoms with Crippen molar-refractivity contribution in [3.63, 3.8) is 0 Å². The van der Waals surface area contributed by atoms with Gasteiger partial charge in [-0.05, 0) is 0 Å². The molecule has 40 heavy (non-hydrogen) atoms. The third kappa shape index (κ3) is 4.37. The Bertz CT molecular complexity index is 2680. The third-order valence-corrected chi connectivity index (χ3v) is 15.7. The number of fused-ring (bicyclic) bond motifs is 3. The second kappa shape index (κ2) is 10.5. The van der Waals surface area contributed by atoms with Crippen molar-refractivity contribution < 1.29 is 27.7 Å². The van der Waals surface area contributed by atoms with E-state index in [0.717, 1.165) is 5.39 Å².